The summed E-state index contributed by atoms with van der Waals surface area (Å²) in [4.78, 5) is 52.4. The maximum absolute atomic E-state index is 14.0. The van der Waals surface area contributed by atoms with Crippen LogP contribution in [0.1, 0.15) is 78.6 Å². The van der Waals surface area contributed by atoms with E-state index in [2.05, 4.69) is 42.0 Å². The fourth-order valence-corrected chi connectivity index (χ4v) is 10.6. The Bertz CT molecular complexity index is 1380. The van der Waals surface area contributed by atoms with E-state index in [9.17, 15) is 27.6 Å². The first-order valence-corrected chi connectivity index (χ1v) is 16.7. The van der Waals surface area contributed by atoms with Crippen molar-refractivity contribution in [1.82, 2.24) is 0 Å². The first-order valence-electron chi connectivity index (χ1n) is 14.4. The highest BCUT2D eigenvalue weighted by molar-refractivity contribution is 9.10. The summed E-state index contributed by atoms with van der Waals surface area (Å²) in [6.45, 7) is 6.40. The fraction of sp³-hybridized carbons (Fsp3) is 0.667. The smallest absolute Gasteiger partial charge is 0.239 e. The summed E-state index contributed by atoms with van der Waals surface area (Å²) in [5.41, 5.74) is -0.243. The summed E-state index contributed by atoms with van der Waals surface area (Å²) in [6.07, 6.45) is 5.25. The van der Waals surface area contributed by atoms with Gasteiger partial charge in [0.25, 0.3) is 0 Å². The molecule has 4 aliphatic carbocycles. The third kappa shape index (κ3) is 4.91. The molecule has 4 saturated carbocycles. The summed E-state index contributed by atoms with van der Waals surface area (Å²) in [7, 11) is -3.87. The van der Waals surface area contributed by atoms with Crippen LogP contribution in [0.15, 0.2) is 27.6 Å². The number of benzene rings is 1. The Morgan fingerprint density at radius 1 is 1.12 bits per heavy atom. The molecule has 8 nitrogen and oxygen atoms in total. The maximum atomic E-state index is 14.0. The van der Waals surface area contributed by atoms with Gasteiger partial charge < -0.3 is 5.32 Å². The average Bonchev–Trinajstić information content (AvgIpc) is 3.22. The van der Waals surface area contributed by atoms with Crippen molar-refractivity contribution in [3.63, 3.8) is 0 Å². The molecule has 5 rings (SSSR count). The molecule has 0 spiro atoms. The Hall–Kier alpha value is -1.91. The van der Waals surface area contributed by atoms with Gasteiger partial charge in [-0.05, 0) is 94.8 Å². The van der Waals surface area contributed by atoms with Gasteiger partial charge in [-0.15, -0.1) is 0 Å². The summed E-state index contributed by atoms with van der Waals surface area (Å²) in [6, 6.07) is 4.36. The van der Waals surface area contributed by atoms with Crippen LogP contribution in [0.4, 0.5) is 5.69 Å². The molecule has 0 radical (unpaired) electrons. The van der Waals surface area contributed by atoms with Crippen LogP contribution in [0.5, 0.6) is 0 Å². The highest BCUT2D eigenvalue weighted by atomic mass is 79.9. The molecule has 10 heteroatoms. The number of carbonyl (C=O) groups excluding carboxylic acids is 4. The number of nitrogens with two attached hydrogens (primary N) is 1. The molecule has 1 aromatic rings. The zero-order valence-electron chi connectivity index (χ0n) is 23.4. The molecule has 0 aromatic heterocycles. The Labute approximate surface area is 244 Å². The minimum atomic E-state index is -3.87. The molecule has 1 aromatic carbocycles. The monoisotopic (exact) mass is 634 g/mol. The van der Waals surface area contributed by atoms with E-state index in [0.29, 0.717) is 37.8 Å². The van der Waals surface area contributed by atoms with Crippen molar-refractivity contribution in [3.05, 3.63) is 22.7 Å². The predicted octanol–water partition coefficient (Wildman–Crippen LogP) is 5.04. The number of Topliss-reactive ketones (excluding diaryl/α,β-unsaturated/α-hetero) is 3. The largest absolute Gasteiger partial charge is 0.326 e. The number of fused-ring (bicyclic) bond motifs is 5. The first-order chi connectivity index (χ1) is 18.7. The lowest BCUT2D eigenvalue weighted by atomic mass is 9.44. The number of ketones is 3. The van der Waals surface area contributed by atoms with E-state index in [-0.39, 0.29) is 80.0 Å². The van der Waals surface area contributed by atoms with E-state index >= 15 is 0 Å². The zero-order valence-corrected chi connectivity index (χ0v) is 25.8. The lowest BCUT2D eigenvalue weighted by Crippen LogP contribution is -2.60. The second-order valence-corrected chi connectivity index (χ2v) is 15.6. The van der Waals surface area contributed by atoms with Gasteiger partial charge in [0.15, 0.2) is 0 Å². The van der Waals surface area contributed by atoms with Gasteiger partial charge in [0.05, 0.1) is 4.90 Å². The molecular formula is C30H39BrN2O6S. The Kier molecular flexibility index (Phi) is 7.70. The van der Waals surface area contributed by atoms with Crippen molar-refractivity contribution < 1.29 is 27.6 Å². The molecule has 4 fully saturated rings. The summed E-state index contributed by atoms with van der Waals surface area (Å²) in [5, 5.41) is 8.02. The van der Waals surface area contributed by atoms with E-state index < -0.39 is 15.4 Å². The van der Waals surface area contributed by atoms with E-state index in [4.69, 9.17) is 5.14 Å². The standard InChI is InChI=1S/C30H39BrN2O6S/c1-16(4-9-27(37)33-18-5-8-25(23(31)14-18)40(32,38)39)20-6-7-21-28-22(15-26(36)30(20,21)3)29(2)11-10-19(34)12-17(29)13-24(28)35/h5,8,14,16-17,20-22,28H,4,6-7,9-13,15H2,1-3H3,(H,33,37)(H2,32,38,39)/t16-,17+,20-,21+,22+,28+,29+,30-/m1/s1. The Morgan fingerprint density at radius 3 is 2.52 bits per heavy atom. The van der Waals surface area contributed by atoms with Gasteiger partial charge in [-0.1, -0.05) is 20.8 Å². The number of nitrogens with one attached hydrogen (secondary N) is 1. The number of carbonyl (C=O) groups is 4. The molecule has 0 unspecified atom stereocenters. The van der Waals surface area contributed by atoms with E-state index in [0.717, 1.165) is 19.3 Å². The molecular weight excluding hydrogens is 596 g/mol. The number of sulfonamides is 1. The van der Waals surface area contributed by atoms with Gasteiger partial charge in [-0.25, -0.2) is 13.6 Å². The molecule has 218 valence electrons. The summed E-state index contributed by atoms with van der Waals surface area (Å²) in [5.74, 6) is 0.775. The van der Waals surface area contributed by atoms with Crippen LogP contribution in [0.3, 0.4) is 0 Å². The van der Waals surface area contributed by atoms with Crippen LogP contribution in [0, 0.1) is 46.3 Å². The highest BCUT2D eigenvalue weighted by Gasteiger charge is 2.66. The molecule has 8 atom stereocenters. The molecule has 0 aliphatic heterocycles. The van der Waals surface area contributed by atoms with Crippen molar-refractivity contribution in [2.75, 3.05) is 5.32 Å². The number of amides is 1. The Balaban J connectivity index is 1.26. The second kappa shape index (κ2) is 10.4. The van der Waals surface area contributed by atoms with E-state index in [1.165, 1.54) is 18.2 Å². The zero-order chi connectivity index (χ0) is 29.2. The lowest BCUT2D eigenvalue weighted by molar-refractivity contribution is -0.166. The van der Waals surface area contributed by atoms with Crippen LogP contribution in [0.2, 0.25) is 0 Å². The number of primary sulfonamides is 1. The van der Waals surface area contributed by atoms with Gasteiger partial charge in [0, 0.05) is 53.6 Å². The fourth-order valence-electron chi connectivity index (χ4n) is 8.98. The van der Waals surface area contributed by atoms with Crippen molar-refractivity contribution in [2.45, 2.75) is 83.5 Å². The van der Waals surface area contributed by atoms with E-state index in [1.54, 1.807) is 0 Å². The molecule has 1 amide bonds. The molecule has 4 aliphatic rings. The molecule has 0 heterocycles. The van der Waals surface area contributed by atoms with Gasteiger partial charge in [0.2, 0.25) is 15.9 Å². The van der Waals surface area contributed by atoms with Crippen molar-refractivity contribution in [1.29, 1.82) is 0 Å². The van der Waals surface area contributed by atoms with Crippen LogP contribution >= 0.6 is 15.9 Å². The van der Waals surface area contributed by atoms with Crippen molar-refractivity contribution in [3.8, 4) is 0 Å². The number of rotatable bonds is 6. The van der Waals surface area contributed by atoms with Crippen LogP contribution in [-0.4, -0.2) is 31.7 Å². The van der Waals surface area contributed by atoms with Crippen LogP contribution < -0.4 is 10.5 Å². The third-order valence-corrected chi connectivity index (χ3v) is 13.1. The number of hydrogen-bond donors (Lipinski definition) is 2. The quantitative estimate of drug-likeness (QED) is 0.449. The topological polar surface area (TPSA) is 140 Å². The highest BCUT2D eigenvalue weighted by Crippen LogP contribution is 2.66. The second-order valence-electron chi connectivity index (χ2n) is 13.2. The molecule has 0 saturated heterocycles. The van der Waals surface area contributed by atoms with Gasteiger partial charge in [0.1, 0.15) is 17.3 Å². The van der Waals surface area contributed by atoms with Crippen molar-refractivity contribution in [2.24, 2.45) is 51.5 Å². The van der Waals surface area contributed by atoms with Crippen LogP contribution in [-0.2, 0) is 29.2 Å². The van der Waals surface area contributed by atoms with Gasteiger partial charge in [-0.3, -0.25) is 19.2 Å². The SMILES string of the molecule is C[C@H](CCC(=O)Nc1ccc(S(N)(=O)=O)c(Br)c1)[C@H]1CC[C@H]2[C@@H]3C(=O)C[C@@H]4CC(=O)CC[C@]4(C)[C@H]3CC(=O)[C@]12C. The maximum Gasteiger partial charge on any atom is 0.239 e. The van der Waals surface area contributed by atoms with Crippen molar-refractivity contribution >= 4 is 54.9 Å². The Morgan fingerprint density at radius 2 is 1.85 bits per heavy atom. The minimum Gasteiger partial charge on any atom is -0.326 e. The first kappa shape index (κ1) is 29.6. The number of hydrogen-bond acceptors (Lipinski definition) is 6. The lowest BCUT2D eigenvalue weighted by Gasteiger charge is -2.58. The van der Waals surface area contributed by atoms with Gasteiger partial charge >= 0.3 is 0 Å². The normalized spacial score (nSPS) is 36.4. The van der Waals surface area contributed by atoms with Gasteiger partial charge in [-0.2, -0.15) is 0 Å². The number of halogens is 1. The third-order valence-electron chi connectivity index (χ3n) is 11.3. The minimum absolute atomic E-state index is 0.0252. The van der Waals surface area contributed by atoms with E-state index in [1.807, 2.05) is 0 Å². The average molecular weight is 636 g/mol. The summed E-state index contributed by atoms with van der Waals surface area (Å²) >= 11 is 3.20. The molecule has 3 N–H and O–H groups in total. The number of anilines is 1. The molecule has 40 heavy (non-hydrogen) atoms. The molecule has 0 bridgehead atoms. The predicted molar refractivity (Wildman–Crippen MR) is 154 cm³/mol. The van der Waals surface area contributed by atoms with Crippen LogP contribution in [0.25, 0.3) is 0 Å². The summed E-state index contributed by atoms with van der Waals surface area (Å²) < 4.78 is 23.5.